The summed E-state index contributed by atoms with van der Waals surface area (Å²) in [5, 5.41) is 6.71. The molecule has 2 aromatic heterocycles. The monoisotopic (exact) mass is 388 g/mol. The first-order valence-corrected chi connectivity index (χ1v) is 9.59. The lowest BCUT2D eigenvalue weighted by Gasteiger charge is -2.33. The van der Waals surface area contributed by atoms with Gasteiger partial charge in [-0.2, -0.15) is 4.98 Å². The molecule has 0 spiro atoms. The van der Waals surface area contributed by atoms with E-state index in [1.807, 2.05) is 39.4 Å². The Morgan fingerprint density at radius 2 is 1.92 bits per heavy atom. The van der Waals surface area contributed by atoms with Crippen LogP contribution in [-0.2, 0) is 11.2 Å². The molecule has 1 amide bonds. The standard InChI is InChI=1S/C18H17ClN4O2S/c19-14-5-3-13(4-6-14)17-20-18(25-21-17)23-9-7-22(8-10-23)16(24)12-15-2-1-11-26-15/h1-6,11H,7-10,12H2. The van der Waals surface area contributed by atoms with E-state index < -0.39 is 0 Å². The topological polar surface area (TPSA) is 62.5 Å². The zero-order chi connectivity index (χ0) is 17.9. The molecule has 4 rings (SSSR count). The first-order chi connectivity index (χ1) is 12.7. The number of amides is 1. The van der Waals surface area contributed by atoms with Crippen molar-refractivity contribution < 1.29 is 9.32 Å². The Morgan fingerprint density at radius 1 is 1.15 bits per heavy atom. The molecule has 134 valence electrons. The first kappa shape index (κ1) is 17.1. The number of aromatic nitrogens is 2. The lowest BCUT2D eigenvalue weighted by atomic mass is 10.2. The van der Waals surface area contributed by atoms with Gasteiger partial charge in [-0.1, -0.05) is 22.8 Å². The highest BCUT2D eigenvalue weighted by molar-refractivity contribution is 7.10. The number of thiophene rings is 1. The van der Waals surface area contributed by atoms with Crippen LogP contribution in [-0.4, -0.2) is 47.1 Å². The van der Waals surface area contributed by atoms with Gasteiger partial charge in [0.25, 0.3) is 0 Å². The number of carbonyl (C=O) groups is 1. The second kappa shape index (κ2) is 7.47. The summed E-state index contributed by atoms with van der Waals surface area (Å²) in [6.45, 7) is 2.67. The van der Waals surface area contributed by atoms with Crippen molar-refractivity contribution >= 4 is 34.9 Å². The van der Waals surface area contributed by atoms with E-state index in [4.69, 9.17) is 16.1 Å². The van der Waals surface area contributed by atoms with Crippen LogP contribution >= 0.6 is 22.9 Å². The summed E-state index contributed by atoms with van der Waals surface area (Å²) in [7, 11) is 0. The summed E-state index contributed by atoms with van der Waals surface area (Å²) in [5.74, 6) is 0.701. The molecule has 8 heteroatoms. The average molecular weight is 389 g/mol. The SMILES string of the molecule is O=C(Cc1cccs1)N1CCN(c2nc(-c3ccc(Cl)cc3)no2)CC1. The fourth-order valence-corrected chi connectivity index (χ4v) is 3.70. The third kappa shape index (κ3) is 3.73. The highest BCUT2D eigenvalue weighted by atomic mass is 35.5. The van der Waals surface area contributed by atoms with Crippen molar-refractivity contribution in [3.8, 4) is 11.4 Å². The van der Waals surface area contributed by atoms with Crippen LogP contribution < -0.4 is 4.90 Å². The Labute approximate surface area is 160 Å². The van der Waals surface area contributed by atoms with Crippen molar-refractivity contribution in [3.05, 3.63) is 51.7 Å². The van der Waals surface area contributed by atoms with Crippen molar-refractivity contribution in [1.82, 2.24) is 15.0 Å². The van der Waals surface area contributed by atoms with E-state index in [-0.39, 0.29) is 5.91 Å². The van der Waals surface area contributed by atoms with E-state index in [0.29, 0.717) is 49.5 Å². The van der Waals surface area contributed by atoms with Crippen LogP contribution in [0.3, 0.4) is 0 Å². The number of halogens is 1. The molecular formula is C18H17ClN4O2S. The van der Waals surface area contributed by atoms with Crippen molar-refractivity contribution in [2.45, 2.75) is 6.42 Å². The lowest BCUT2D eigenvalue weighted by molar-refractivity contribution is -0.130. The zero-order valence-electron chi connectivity index (χ0n) is 14.0. The molecule has 6 nitrogen and oxygen atoms in total. The predicted molar refractivity (Wildman–Crippen MR) is 102 cm³/mol. The van der Waals surface area contributed by atoms with Crippen LogP contribution in [0.1, 0.15) is 4.88 Å². The maximum atomic E-state index is 12.4. The normalized spacial score (nSPS) is 14.7. The van der Waals surface area contributed by atoms with Crippen LogP contribution in [0.2, 0.25) is 5.02 Å². The molecule has 3 aromatic rings. The van der Waals surface area contributed by atoms with E-state index in [2.05, 4.69) is 10.1 Å². The van der Waals surface area contributed by atoms with Gasteiger partial charge in [0.05, 0.1) is 6.42 Å². The van der Waals surface area contributed by atoms with E-state index in [9.17, 15) is 4.79 Å². The van der Waals surface area contributed by atoms with Crippen molar-refractivity contribution in [2.24, 2.45) is 0 Å². The molecule has 0 bridgehead atoms. The molecule has 0 unspecified atom stereocenters. The Bertz CT molecular complexity index is 871. The fraction of sp³-hybridized carbons (Fsp3) is 0.278. The van der Waals surface area contributed by atoms with Crippen LogP contribution in [0.5, 0.6) is 0 Å². The molecule has 1 aromatic carbocycles. The van der Waals surface area contributed by atoms with Crippen molar-refractivity contribution in [3.63, 3.8) is 0 Å². The molecule has 1 saturated heterocycles. The molecule has 1 aliphatic heterocycles. The number of piperazine rings is 1. The number of hydrogen-bond acceptors (Lipinski definition) is 6. The lowest BCUT2D eigenvalue weighted by Crippen LogP contribution is -2.49. The number of benzene rings is 1. The quantitative estimate of drug-likeness (QED) is 0.686. The Morgan fingerprint density at radius 3 is 2.62 bits per heavy atom. The van der Waals surface area contributed by atoms with Gasteiger partial charge in [-0.25, -0.2) is 0 Å². The van der Waals surface area contributed by atoms with Crippen molar-refractivity contribution in [1.29, 1.82) is 0 Å². The largest absolute Gasteiger partial charge is 0.339 e. The number of rotatable bonds is 4. The Hall–Kier alpha value is -2.38. The first-order valence-electron chi connectivity index (χ1n) is 8.34. The summed E-state index contributed by atoms with van der Waals surface area (Å²) in [6, 6.07) is 11.8. The number of anilines is 1. The molecule has 0 aliphatic carbocycles. The Kier molecular flexibility index (Phi) is 4.90. The van der Waals surface area contributed by atoms with E-state index in [1.54, 1.807) is 23.5 Å². The maximum absolute atomic E-state index is 12.4. The summed E-state index contributed by atoms with van der Waals surface area (Å²) < 4.78 is 5.40. The van der Waals surface area contributed by atoms with Crippen molar-refractivity contribution in [2.75, 3.05) is 31.1 Å². The molecule has 26 heavy (non-hydrogen) atoms. The van der Waals surface area contributed by atoms with Gasteiger partial charge in [-0.05, 0) is 35.7 Å². The summed E-state index contributed by atoms with van der Waals surface area (Å²) in [6.07, 6.45) is 0.471. The summed E-state index contributed by atoms with van der Waals surface area (Å²) in [5.41, 5.74) is 0.856. The minimum atomic E-state index is 0.166. The number of carbonyl (C=O) groups excluding carboxylic acids is 1. The highest BCUT2D eigenvalue weighted by Crippen LogP contribution is 2.22. The van der Waals surface area contributed by atoms with Crippen LogP contribution in [0.15, 0.2) is 46.3 Å². The summed E-state index contributed by atoms with van der Waals surface area (Å²) in [4.78, 5) is 21.9. The van der Waals surface area contributed by atoms with Gasteiger partial charge in [-0.15, -0.1) is 11.3 Å². The Balaban J connectivity index is 1.36. The van der Waals surface area contributed by atoms with E-state index in [1.165, 1.54) is 0 Å². The number of nitrogens with zero attached hydrogens (tertiary/aromatic N) is 4. The third-order valence-corrected chi connectivity index (χ3v) is 5.45. The molecule has 0 N–H and O–H groups in total. The minimum Gasteiger partial charge on any atom is -0.339 e. The van der Waals surface area contributed by atoms with Gasteiger partial charge in [0.1, 0.15) is 0 Å². The summed E-state index contributed by atoms with van der Waals surface area (Å²) >= 11 is 7.52. The van der Waals surface area contributed by atoms with Crippen LogP contribution in [0.4, 0.5) is 6.01 Å². The molecule has 1 fully saturated rings. The van der Waals surface area contributed by atoms with Gasteiger partial charge in [0.15, 0.2) is 0 Å². The highest BCUT2D eigenvalue weighted by Gasteiger charge is 2.24. The molecule has 1 aliphatic rings. The predicted octanol–water partition coefficient (Wildman–Crippen LogP) is 3.34. The molecule has 0 radical (unpaired) electrons. The number of hydrogen-bond donors (Lipinski definition) is 0. The smallest absolute Gasteiger partial charge is 0.324 e. The van der Waals surface area contributed by atoms with Crippen LogP contribution in [0, 0.1) is 0 Å². The fourth-order valence-electron chi connectivity index (χ4n) is 2.88. The maximum Gasteiger partial charge on any atom is 0.324 e. The van der Waals surface area contributed by atoms with Gasteiger partial charge in [0, 0.05) is 41.6 Å². The van der Waals surface area contributed by atoms with Gasteiger partial charge in [0.2, 0.25) is 11.7 Å². The minimum absolute atomic E-state index is 0.166. The van der Waals surface area contributed by atoms with Gasteiger partial charge in [-0.3, -0.25) is 4.79 Å². The van der Waals surface area contributed by atoms with E-state index in [0.717, 1.165) is 10.4 Å². The van der Waals surface area contributed by atoms with E-state index >= 15 is 0 Å². The third-order valence-electron chi connectivity index (χ3n) is 4.33. The van der Waals surface area contributed by atoms with Crippen LogP contribution in [0.25, 0.3) is 11.4 Å². The molecule has 0 atom stereocenters. The molecule has 3 heterocycles. The second-order valence-electron chi connectivity index (χ2n) is 6.03. The zero-order valence-corrected chi connectivity index (χ0v) is 15.5. The average Bonchev–Trinajstić information content (AvgIpc) is 3.34. The second-order valence-corrected chi connectivity index (χ2v) is 7.50. The molecule has 0 saturated carbocycles. The van der Waals surface area contributed by atoms with Gasteiger partial charge >= 0.3 is 6.01 Å². The molecular weight excluding hydrogens is 372 g/mol. The van der Waals surface area contributed by atoms with Gasteiger partial charge < -0.3 is 14.3 Å².